The lowest BCUT2D eigenvalue weighted by molar-refractivity contribution is -0.130. The van der Waals surface area contributed by atoms with E-state index in [-0.39, 0.29) is 24.1 Å². The van der Waals surface area contributed by atoms with Crippen molar-refractivity contribution in [2.45, 2.75) is 12.8 Å². The Labute approximate surface area is 122 Å². The van der Waals surface area contributed by atoms with Gasteiger partial charge in [0.2, 0.25) is 11.8 Å². The van der Waals surface area contributed by atoms with Crippen LogP contribution in [0.2, 0.25) is 0 Å². The van der Waals surface area contributed by atoms with E-state index >= 15 is 0 Å². The summed E-state index contributed by atoms with van der Waals surface area (Å²) in [6, 6.07) is 6.94. The van der Waals surface area contributed by atoms with Gasteiger partial charge in [-0.05, 0) is 5.56 Å². The van der Waals surface area contributed by atoms with Crippen LogP contribution in [0.4, 0.5) is 0 Å². The van der Waals surface area contributed by atoms with Crippen molar-refractivity contribution in [3.05, 3.63) is 35.4 Å². The summed E-state index contributed by atoms with van der Waals surface area (Å²) in [4.78, 5) is 25.1. The predicted molar refractivity (Wildman–Crippen MR) is 76.9 cm³/mol. The highest BCUT2D eigenvalue weighted by atomic mass is 16.4. The molecule has 1 heterocycles. The van der Waals surface area contributed by atoms with Gasteiger partial charge in [0, 0.05) is 31.6 Å². The third-order valence-electron chi connectivity index (χ3n) is 3.38. The van der Waals surface area contributed by atoms with E-state index in [4.69, 9.17) is 10.9 Å². The van der Waals surface area contributed by atoms with Gasteiger partial charge >= 0.3 is 0 Å². The fraction of sp³-hybridized carbons (Fsp3) is 0.357. The fourth-order valence-electron chi connectivity index (χ4n) is 2.15. The third-order valence-corrected chi connectivity index (χ3v) is 3.38. The first-order valence-electron chi connectivity index (χ1n) is 6.71. The van der Waals surface area contributed by atoms with Crippen molar-refractivity contribution in [3.8, 4) is 0 Å². The van der Waals surface area contributed by atoms with E-state index in [0.29, 0.717) is 31.6 Å². The number of carbonyl (C=O) groups is 2. The van der Waals surface area contributed by atoms with Crippen molar-refractivity contribution in [2.75, 3.05) is 19.6 Å². The molecule has 1 fully saturated rings. The van der Waals surface area contributed by atoms with Crippen molar-refractivity contribution >= 4 is 17.6 Å². The minimum atomic E-state index is -0.0200. The molecule has 7 nitrogen and oxygen atoms in total. The maximum atomic E-state index is 12.2. The lowest BCUT2D eigenvalue weighted by Crippen LogP contribution is -2.35. The van der Waals surface area contributed by atoms with Gasteiger partial charge < -0.3 is 21.2 Å². The van der Waals surface area contributed by atoms with E-state index in [1.165, 1.54) is 0 Å². The highest BCUT2D eigenvalue weighted by Crippen LogP contribution is 2.08. The van der Waals surface area contributed by atoms with Gasteiger partial charge in [0.1, 0.15) is 0 Å². The van der Waals surface area contributed by atoms with E-state index in [1.54, 1.807) is 29.2 Å². The molecule has 0 bridgehead atoms. The van der Waals surface area contributed by atoms with E-state index in [0.717, 1.165) is 5.56 Å². The average Bonchev–Trinajstić information content (AvgIpc) is 2.72. The monoisotopic (exact) mass is 290 g/mol. The molecule has 4 N–H and O–H groups in total. The maximum Gasteiger partial charge on any atom is 0.227 e. The molecule has 0 saturated carbocycles. The number of carbonyl (C=O) groups excluding carboxylic acids is 2. The molecule has 0 unspecified atom stereocenters. The fourth-order valence-corrected chi connectivity index (χ4v) is 2.15. The molecule has 1 aromatic rings. The molecule has 21 heavy (non-hydrogen) atoms. The van der Waals surface area contributed by atoms with Crippen LogP contribution in [0.5, 0.6) is 0 Å². The average molecular weight is 290 g/mol. The first-order valence-corrected chi connectivity index (χ1v) is 6.71. The normalized spacial score (nSPS) is 16.3. The van der Waals surface area contributed by atoms with Crippen LogP contribution in [-0.4, -0.2) is 47.4 Å². The van der Waals surface area contributed by atoms with Gasteiger partial charge in [-0.1, -0.05) is 29.4 Å². The molecule has 1 aromatic carbocycles. The van der Waals surface area contributed by atoms with Gasteiger partial charge in [-0.3, -0.25) is 9.59 Å². The summed E-state index contributed by atoms with van der Waals surface area (Å²) in [6.07, 6.45) is 0.610. The molecule has 1 saturated heterocycles. The topological polar surface area (TPSA) is 108 Å². The van der Waals surface area contributed by atoms with E-state index in [2.05, 4.69) is 10.5 Å². The lowest BCUT2D eigenvalue weighted by Gasteiger charge is -2.19. The Hall–Kier alpha value is -2.57. The molecule has 0 spiro atoms. The standard InChI is InChI=1S/C14H18N4O3/c15-14(17-21)11-3-1-10(2-4-11)9-13(20)18-7-5-12(19)16-6-8-18/h1-4,21H,5-9H2,(H2,15,17)(H,16,19). The van der Waals surface area contributed by atoms with Gasteiger partial charge in [-0.15, -0.1) is 0 Å². The lowest BCUT2D eigenvalue weighted by atomic mass is 10.1. The number of nitrogens with two attached hydrogens (primary N) is 1. The molecule has 7 heteroatoms. The molecule has 2 rings (SSSR count). The van der Waals surface area contributed by atoms with Crippen LogP contribution in [0.3, 0.4) is 0 Å². The van der Waals surface area contributed by atoms with Crippen LogP contribution >= 0.6 is 0 Å². The van der Waals surface area contributed by atoms with Crippen LogP contribution in [0.15, 0.2) is 29.4 Å². The van der Waals surface area contributed by atoms with Crippen molar-refractivity contribution in [3.63, 3.8) is 0 Å². The molecule has 0 aromatic heterocycles. The second-order valence-electron chi connectivity index (χ2n) is 4.84. The van der Waals surface area contributed by atoms with E-state index in [9.17, 15) is 9.59 Å². The summed E-state index contributed by atoms with van der Waals surface area (Å²) in [6.45, 7) is 1.48. The Balaban J connectivity index is 1.97. The Kier molecular flexibility index (Phi) is 4.76. The Morgan fingerprint density at radius 1 is 1.33 bits per heavy atom. The molecule has 2 amide bonds. The number of amidine groups is 1. The van der Waals surface area contributed by atoms with Gasteiger partial charge in [0.05, 0.1) is 6.42 Å². The Morgan fingerprint density at radius 2 is 2.05 bits per heavy atom. The molecule has 1 aliphatic rings. The zero-order chi connectivity index (χ0) is 15.2. The zero-order valence-corrected chi connectivity index (χ0v) is 11.6. The van der Waals surface area contributed by atoms with Crippen molar-refractivity contribution < 1.29 is 14.8 Å². The Bertz CT molecular complexity index is 554. The van der Waals surface area contributed by atoms with Crippen LogP contribution in [0.1, 0.15) is 17.5 Å². The molecule has 0 aliphatic carbocycles. The van der Waals surface area contributed by atoms with Crippen LogP contribution < -0.4 is 11.1 Å². The summed E-state index contributed by atoms with van der Waals surface area (Å²) in [5.41, 5.74) is 6.92. The van der Waals surface area contributed by atoms with Crippen LogP contribution in [0.25, 0.3) is 0 Å². The molecular weight excluding hydrogens is 272 g/mol. The number of nitrogens with one attached hydrogen (secondary N) is 1. The highest BCUT2D eigenvalue weighted by molar-refractivity contribution is 5.97. The summed E-state index contributed by atoms with van der Waals surface area (Å²) < 4.78 is 0. The van der Waals surface area contributed by atoms with Gasteiger partial charge in [-0.2, -0.15) is 0 Å². The highest BCUT2D eigenvalue weighted by Gasteiger charge is 2.18. The smallest absolute Gasteiger partial charge is 0.227 e. The summed E-state index contributed by atoms with van der Waals surface area (Å²) in [5.74, 6) is 0.00134. The number of nitrogens with zero attached hydrogens (tertiary/aromatic N) is 2. The Morgan fingerprint density at radius 3 is 2.71 bits per heavy atom. The van der Waals surface area contributed by atoms with Gasteiger partial charge in [0.25, 0.3) is 0 Å². The number of rotatable bonds is 3. The van der Waals surface area contributed by atoms with Crippen LogP contribution in [0, 0.1) is 0 Å². The van der Waals surface area contributed by atoms with Crippen molar-refractivity contribution in [2.24, 2.45) is 10.9 Å². The first kappa shape index (κ1) is 14.8. The zero-order valence-electron chi connectivity index (χ0n) is 11.6. The molecule has 0 radical (unpaired) electrons. The second-order valence-corrected chi connectivity index (χ2v) is 4.84. The minimum Gasteiger partial charge on any atom is -0.409 e. The van der Waals surface area contributed by atoms with E-state index < -0.39 is 0 Å². The summed E-state index contributed by atoms with van der Waals surface area (Å²) in [7, 11) is 0. The van der Waals surface area contributed by atoms with E-state index in [1.807, 2.05) is 0 Å². The second kappa shape index (κ2) is 6.74. The molecule has 1 aliphatic heterocycles. The van der Waals surface area contributed by atoms with Crippen molar-refractivity contribution in [1.82, 2.24) is 10.2 Å². The minimum absolute atomic E-state index is 0.0111. The van der Waals surface area contributed by atoms with Gasteiger partial charge in [-0.25, -0.2) is 0 Å². The largest absolute Gasteiger partial charge is 0.409 e. The maximum absolute atomic E-state index is 12.2. The number of benzene rings is 1. The number of hydrogen-bond donors (Lipinski definition) is 3. The summed E-state index contributed by atoms with van der Waals surface area (Å²) in [5, 5.41) is 14.2. The quantitative estimate of drug-likeness (QED) is 0.306. The number of amides is 2. The third kappa shape index (κ3) is 3.95. The SMILES string of the molecule is NC(=NO)c1ccc(CC(=O)N2CCNC(=O)CC2)cc1. The van der Waals surface area contributed by atoms with Gasteiger partial charge in [0.15, 0.2) is 5.84 Å². The van der Waals surface area contributed by atoms with Crippen LogP contribution in [-0.2, 0) is 16.0 Å². The summed E-state index contributed by atoms with van der Waals surface area (Å²) >= 11 is 0. The first-order chi connectivity index (χ1) is 10.1. The number of hydrogen-bond acceptors (Lipinski definition) is 4. The predicted octanol–water partition coefficient (Wildman–Crippen LogP) is -0.328. The molecule has 112 valence electrons. The molecular formula is C14H18N4O3. The molecule has 0 atom stereocenters. The van der Waals surface area contributed by atoms with Crippen molar-refractivity contribution in [1.29, 1.82) is 0 Å². The number of oxime groups is 1.